The van der Waals surface area contributed by atoms with Gasteiger partial charge >= 0.3 is 0 Å². The minimum atomic E-state index is 0.312. The van der Waals surface area contributed by atoms with Crippen LogP contribution in [0.15, 0.2) is 18.3 Å². The molecule has 1 unspecified atom stereocenters. The number of likely N-dealkylation sites (N-methyl/N-ethyl adjacent to an activating group) is 1. The Morgan fingerprint density at radius 2 is 2.33 bits per heavy atom. The summed E-state index contributed by atoms with van der Waals surface area (Å²) < 4.78 is 6.15. The maximum absolute atomic E-state index is 6.15. The van der Waals surface area contributed by atoms with Crippen molar-refractivity contribution in [2.24, 2.45) is 0 Å². The monoisotopic (exact) mass is 245 g/mol. The van der Waals surface area contributed by atoms with Crippen LogP contribution in [0.2, 0.25) is 0 Å². The van der Waals surface area contributed by atoms with Gasteiger partial charge in [-0.3, -0.25) is 5.10 Å². The highest BCUT2D eigenvalue weighted by molar-refractivity contribution is 5.83. The summed E-state index contributed by atoms with van der Waals surface area (Å²) in [6.07, 6.45) is 4.54. The molecule has 0 spiro atoms. The van der Waals surface area contributed by atoms with Gasteiger partial charge in [0.15, 0.2) is 0 Å². The standard InChI is InChI=1S/C14H19N3O/c1-10-12-8-15-16-13(12)5-6-14(10)18-11-4-3-7-17(2)9-11/h5-6,8,11H,3-4,7,9H2,1-2H3,(H,15,16). The number of fused-ring (bicyclic) bond motifs is 1. The molecule has 1 aromatic heterocycles. The second kappa shape index (κ2) is 4.61. The Kier molecular flexibility index (Phi) is 2.96. The van der Waals surface area contributed by atoms with Crippen LogP contribution in [0.4, 0.5) is 0 Å². The molecule has 1 saturated heterocycles. The highest BCUT2D eigenvalue weighted by atomic mass is 16.5. The number of piperidine rings is 1. The van der Waals surface area contributed by atoms with Crippen molar-refractivity contribution in [1.29, 1.82) is 0 Å². The van der Waals surface area contributed by atoms with Crippen LogP contribution in [0, 0.1) is 6.92 Å². The molecule has 2 aromatic rings. The van der Waals surface area contributed by atoms with Gasteiger partial charge in [-0.15, -0.1) is 0 Å². The highest BCUT2D eigenvalue weighted by Crippen LogP contribution is 2.27. The zero-order valence-electron chi connectivity index (χ0n) is 10.9. The number of hydrogen-bond donors (Lipinski definition) is 1. The lowest BCUT2D eigenvalue weighted by molar-refractivity contribution is 0.104. The quantitative estimate of drug-likeness (QED) is 0.883. The van der Waals surface area contributed by atoms with Gasteiger partial charge in [0.25, 0.3) is 0 Å². The van der Waals surface area contributed by atoms with Crippen molar-refractivity contribution in [1.82, 2.24) is 15.1 Å². The van der Waals surface area contributed by atoms with E-state index in [9.17, 15) is 0 Å². The number of rotatable bonds is 2. The summed E-state index contributed by atoms with van der Waals surface area (Å²) in [6.45, 7) is 4.29. The summed E-state index contributed by atoms with van der Waals surface area (Å²) in [5.41, 5.74) is 2.25. The number of hydrogen-bond acceptors (Lipinski definition) is 3. The molecule has 1 N–H and O–H groups in total. The van der Waals surface area contributed by atoms with E-state index in [2.05, 4.69) is 29.1 Å². The maximum atomic E-state index is 6.15. The van der Waals surface area contributed by atoms with E-state index in [-0.39, 0.29) is 0 Å². The number of likely N-dealkylation sites (tertiary alicyclic amines) is 1. The largest absolute Gasteiger partial charge is 0.489 e. The van der Waals surface area contributed by atoms with E-state index < -0.39 is 0 Å². The lowest BCUT2D eigenvalue weighted by Gasteiger charge is -2.30. The van der Waals surface area contributed by atoms with Gasteiger partial charge in [0.2, 0.25) is 0 Å². The molecule has 0 bridgehead atoms. The molecular weight excluding hydrogens is 226 g/mol. The first-order valence-corrected chi connectivity index (χ1v) is 6.52. The molecule has 1 aromatic carbocycles. The third-order valence-corrected chi connectivity index (χ3v) is 3.72. The molecule has 1 fully saturated rings. The van der Waals surface area contributed by atoms with Crippen molar-refractivity contribution in [3.8, 4) is 5.75 Å². The third kappa shape index (κ3) is 2.08. The van der Waals surface area contributed by atoms with Crippen LogP contribution >= 0.6 is 0 Å². The average Bonchev–Trinajstić information content (AvgIpc) is 2.82. The van der Waals surface area contributed by atoms with Gasteiger partial charge in [-0.1, -0.05) is 0 Å². The van der Waals surface area contributed by atoms with Crippen LogP contribution < -0.4 is 4.74 Å². The fourth-order valence-corrected chi connectivity index (χ4v) is 2.66. The Labute approximate surface area is 107 Å². The number of ether oxygens (including phenoxy) is 1. The molecule has 4 heteroatoms. The van der Waals surface area contributed by atoms with Gasteiger partial charge in [0, 0.05) is 17.5 Å². The topological polar surface area (TPSA) is 41.1 Å². The van der Waals surface area contributed by atoms with Gasteiger partial charge in [-0.2, -0.15) is 5.10 Å². The first-order chi connectivity index (χ1) is 8.74. The first kappa shape index (κ1) is 11.5. The van der Waals surface area contributed by atoms with E-state index in [1.54, 1.807) is 0 Å². The number of aromatic amines is 1. The molecule has 2 heterocycles. The molecule has 3 rings (SSSR count). The van der Waals surface area contributed by atoms with E-state index in [0.29, 0.717) is 6.10 Å². The van der Waals surface area contributed by atoms with E-state index in [0.717, 1.165) is 29.6 Å². The number of H-pyrrole nitrogens is 1. The van der Waals surface area contributed by atoms with Gasteiger partial charge in [0.1, 0.15) is 11.9 Å². The fourth-order valence-electron chi connectivity index (χ4n) is 2.66. The summed E-state index contributed by atoms with van der Waals surface area (Å²) in [6, 6.07) is 4.08. The molecular formula is C14H19N3O. The molecule has 0 radical (unpaired) electrons. The predicted molar refractivity (Wildman–Crippen MR) is 72.0 cm³/mol. The normalized spacial score (nSPS) is 21.3. The van der Waals surface area contributed by atoms with Crippen molar-refractivity contribution in [3.63, 3.8) is 0 Å². The zero-order chi connectivity index (χ0) is 12.5. The molecule has 4 nitrogen and oxygen atoms in total. The summed E-state index contributed by atoms with van der Waals surface area (Å²) in [5, 5.41) is 8.21. The summed E-state index contributed by atoms with van der Waals surface area (Å²) >= 11 is 0. The van der Waals surface area contributed by atoms with Crippen LogP contribution in [0.3, 0.4) is 0 Å². The lowest BCUT2D eigenvalue weighted by atomic mass is 10.1. The molecule has 96 valence electrons. The van der Waals surface area contributed by atoms with E-state index in [1.165, 1.54) is 18.5 Å². The van der Waals surface area contributed by atoms with Gasteiger partial charge < -0.3 is 9.64 Å². The molecule has 1 aliphatic rings. The molecule has 0 aliphatic carbocycles. The fraction of sp³-hybridized carbons (Fsp3) is 0.500. The van der Waals surface area contributed by atoms with E-state index >= 15 is 0 Å². The minimum absolute atomic E-state index is 0.312. The van der Waals surface area contributed by atoms with Crippen molar-refractivity contribution < 1.29 is 4.74 Å². The van der Waals surface area contributed by atoms with Gasteiger partial charge in [-0.25, -0.2) is 0 Å². The van der Waals surface area contributed by atoms with E-state index in [4.69, 9.17) is 4.74 Å². The Bertz CT molecular complexity index is 549. The van der Waals surface area contributed by atoms with Crippen LogP contribution in [0.25, 0.3) is 10.9 Å². The smallest absolute Gasteiger partial charge is 0.123 e. The molecule has 0 amide bonds. The number of aryl methyl sites for hydroxylation is 1. The Morgan fingerprint density at radius 1 is 1.44 bits per heavy atom. The summed E-state index contributed by atoms with van der Waals surface area (Å²) in [7, 11) is 2.15. The van der Waals surface area contributed by atoms with Gasteiger partial charge in [-0.05, 0) is 45.5 Å². The third-order valence-electron chi connectivity index (χ3n) is 3.72. The van der Waals surface area contributed by atoms with Crippen molar-refractivity contribution in [2.45, 2.75) is 25.9 Å². The molecule has 1 aliphatic heterocycles. The van der Waals surface area contributed by atoms with Crippen LogP contribution in [-0.4, -0.2) is 41.3 Å². The Hall–Kier alpha value is -1.55. The number of nitrogens with one attached hydrogen (secondary N) is 1. The molecule has 1 atom stereocenters. The Balaban J connectivity index is 1.83. The SMILES string of the molecule is Cc1c(OC2CCCN(C)C2)ccc2[nH]ncc12. The van der Waals surface area contributed by atoms with Crippen LogP contribution in [0.1, 0.15) is 18.4 Å². The van der Waals surface area contributed by atoms with Crippen molar-refractivity contribution >= 4 is 10.9 Å². The number of aromatic nitrogens is 2. The maximum Gasteiger partial charge on any atom is 0.123 e. The van der Waals surface area contributed by atoms with Gasteiger partial charge in [0.05, 0.1) is 11.7 Å². The Morgan fingerprint density at radius 3 is 3.17 bits per heavy atom. The molecule has 18 heavy (non-hydrogen) atoms. The summed E-state index contributed by atoms with van der Waals surface area (Å²) in [4.78, 5) is 2.33. The number of nitrogens with zero attached hydrogens (tertiary/aromatic N) is 2. The van der Waals surface area contributed by atoms with Crippen LogP contribution in [-0.2, 0) is 0 Å². The average molecular weight is 245 g/mol. The second-order valence-electron chi connectivity index (χ2n) is 5.16. The lowest BCUT2D eigenvalue weighted by Crippen LogP contribution is -2.38. The van der Waals surface area contributed by atoms with Crippen molar-refractivity contribution in [2.75, 3.05) is 20.1 Å². The zero-order valence-corrected chi connectivity index (χ0v) is 10.9. The molecule has 0 saturated carbocycles. The van der Waals surface area contributed by atoms with Crippen molar-refractivity contribution in [3.05, 3.63) is 23.9 Å². The number of benzene rings is 1. The van der Waals surface area contributed by atoms with Crippen LogP contribution in [0.5, 0.6) is 5.75 Å². The first-order valence-electron chi connectivity index (χ1n) is 6.52. The second-order valence-corrected chi connectivity index (χ2v) is 5.16. The predicted octanol–water partition coefficient (Wildman–Crippen LogP) is 2.34. The van der Waals surface area contributed by atoms with E-state index in [1.807, 2.05) is 18.3 Å². The summed E-state index contributed by atoms with van der Waals surface area (Å²) in [5.74, 6) is 0.990. The highest BCUT2D eigenvalue weighted by Gasteiger charge is 2.19. The minimum Gasteiger partial charge on any atom is -0.489 e.